The largest absolute Gasteiger partial charge is 0.300 e. The first-order valence-corrected chi connectivity index (χ1v) is 4.94. The second-order valence-electron chi connectivity index (χ2n) is 4.57. The summed E-state index contributed by atoms with van der Waals surface area (Å²) in [6.07, 6.45) is 2.10. The third-order valence-electron chi connectivity index (χ3n) is 2.09. The van der Waals surface area contributed by atoms with Gasteiger partial charge in [-0.2, -0.15) is 0 Å². The van der Waals surface area contributed by atoms with E-state index in [-0.39, 0.29) is 0 Å². The smallest absolute Gasteiger partial charge is 0.132 e. The fourth-order valence-electron chi connectivity index (χ4n) is 1.57. The van der Waals surface area contributed by atoms with E-state index >= 15 is 0 Å². The van der Waals surface area contributed by atoms with Crippen LogP contribution >= 0.6 is 0 Å². The van der Waals surface area contributed by atoms with Crippen LogP contribution < -0.4 is 0 Å². The zero-order valence-corrected chi connectivity index (χ0v) is 9.05. The minimum atomic E-state index is 0.296. The molecule has 0 aliphatic heterocycles. The van der Waals surface area contributed by atoms with Gasteiger partial charge in [-0.1, -0.05) is 27.7 Å². The van der Waals surface area contributed by atoms with Crippen molar-refractivity contribution >= 4 is 5.78 Å². The molecule has 0 aromatic carbocycles. The number of Topliss-reactive ketones (excluding diaryl/α,β-unsaturated/α-hetero) is 1. The zero-order valence-electron chi connectivity index (χ0n) is 9.05. The highest BCUT2D eigenvalue weighted by Crippen LogP contribution is 2.20. The molecule has 0 N–H and O–H groups in total. The zero-order chi connectivity index (χ0) is 9.72. The fraction of sp³-hybridized carbons (Fsp3) is 0.909. The first-order chi connectivity index (χ1) is 5.43. The van der Waals surface area contributed by atoms with Gasteiger partial charge in [0.05, 0.1) is 0 Å². The lowest BCUT2D eigenvalue weighted by Gasteiger charge is -2.17. The number of ketones is 1. The van der Waals surface area contributed by atoms with E-state index in [0.29, 0.717) is 23.5 Å². The van der Waals surface area contributed by atoms with Crippen LogP contribution in [-0.4, -0.2) is 5.78 Å². The summed E-state index contributed by atoms with van der Waals surface area (Å²) in [6.45, 7) is 10.4. The molecule has 0 aromatic heterocycles. The quantitative estimate of drug-likeness (QED) is 0.619. The molecule has 72 valence electrons. The van der Waals surface area contributed by atoms with Gasteiger partial charge in [0.1, 0.15) is 5.78 Å². The minimum absolute atomic E-state index is 0.296. The van der Waals surface area contributed by atoms with Crippen molar-refractivity contribution in [2.75, 3.05) is 0 Å². The summed E-state index contributed by atoms with van der Waals surface area (Å²) in [4.78, 5) is 11.2. The average molecular weight is 170 g/mol. The first kappa shape index (κ1) is 11.7. The van der Waals surface area contributed by atoms with Gasteiger partial charge in [-0.05, 0) is 31.6 Å². The molecule has 0 spiro atoms. The van der Waals surface area contributed by atoms with Crippen LogP contribution in [0.25, 0.3) is 0 Å². The van der Waals surface area contributed by atoms with Crippen molar-refractivity contribution in [2.24, 2.45) is 17.8 Å². The Labute approximate surface area is 76.6 Å². The molecule has 0 aliphatic carbocycles. The van der Waals surface area contributed by atoms with E-state index in [1.807, 2.05) is 0 Å². The van der Waals surface area contributed by atoms with E-state index in [2.05, 4.69) is 27.7 Å². The molecule has 0 unspecified atom stereocenters. The molecule has 1 heteroatoms. The summed E-state index contributed by atoms with van der Waals surface area (Å²) < 4.78 is 0. The summed E-state index contributed by atoms with van der Waals surface area (Å²) in [7, 11) is 0. The van der Waals surface area contributed by atoms with Crippen molar-refractivity contribution in [1.82, 2.24) is 0 Å². The van der Waals surface area contributed by atoms with E-state index in [4.69, 9.17) is 0 Å². The summed E-state index contributed by atoms with van der Waals surface area (Å²) in [5, 5.41) is 0. The van der Waals surface area contributed by atoms with Gasteiger partial charge in [0, 0.05) is 5.92 Å². The van der Waals surface area contributed by atoms with Crippen LogP contribution in [0.5, 0.6) is 0 Å². The van der Waals surface area contributed by atoms with Crippen LogP contribution in [0, 0.1) is 17.8 Å². The number of hydrogen-bond acceptors (Lipinski definition) is 1. The van der Waals surface area contributed by atoms with Crippen LogP contribution in [0.3, 0.4) is 0 Å². The van der Waals surface area contributed by atoms with Gasteiger partial charge >= 0.3 is 0 Å². The predicted octanol–water partition coefficient (Wildman–Crippen LogP) is 3.28. The highest BCUT2D eigenvalue weighted by Gasteiger charge is 2.16. The van der Waals surface area contributed by atoms with Crippen LogP contribution in [0.4, 0.5) is 0 Å². The SMILES string of the molecule is CC(=O)C(CC(C)C)CC(C)C. The van der Waals surface area contributed by atoms with Gasteiger partial charge in [0.15, 0.2) is 0 Å². The van der Waals surface area contributed by atoms with E-state index in [9.17, 15) is 4.79 Å². The summed E-state index contributed by atoms with van der Waals surface area (Å²) in [5.41, 5.74) is 0. The molecular formula is C11H22O. The molecule has 0 saturated carbocycles. The van der Waals surface area contributed by atoms with Gasteiger partial charge in [0.25, 0.3) is 0 Å². The van der Waals surface area contributed by atoms with E-state index in [1.54, 1.807) is 6.92 Å². The molecule has 0 atom stereocenters. The highest BCUT2D eigenvalue weighted by atomic mass is 16.1. The molecule has 12 heavy (non-hydrogen) atoms. The third kappa shape index (κ3) is 5.34. The molecule has 0 amide bonds. The minimum Gasteiger partial charge on any atom is -0.300 e. The summed E-state index contributed by atoms with van der Waals surface area (Å²) in [6, 6.07) is 0. The Morgan fingerprint density at radius 2 is 1.33 bits per heavy atom. The topological polar surface area (TPSA) is 17.1 Å². The Hall–Kier alpha value is -0.330. The van der Waals surface area contributed by atoms with Crippen LogP contribution in [0.2, 0.25) is 0 Å². The molecule has 0 aromatic rings. The Bertz CT molecular complexity index is 126. The van der Waals surface area contributed by atoms with Gasteiger partial charge in [-0.25, -0.2) is 0 Å². The summed E-state index contributed by atoms with van der Waals surface area (Å²) in [5.74, 6) is 1.93. The monoisotopic (exact) mass is 170 g/mol. The third-order valence-corrected chi connectivity index (χ3v) is 2.09. The van der Waals surface area contributed by atoms with Crippen LogP contribution in [-0.2, 0) is 4.79 Å². The Kier molecular flexibility index (Phi) is 5.19. The van der Waals surface area contributed by atoms with Gasteiger partial charge < -0.3 is 0 Å². The second-order valence-corrected chi connectivity index (χ2v) is 4.57. The van der Waals surface area contributed by atoms with Gasteiger partial charge in [-0.3, -0.25) is 4.79 Å². The maximum atomic E-state index is 11.2. The number of carbonyl (C=O) groups is 1. The Morgan fingerprint density at radius 1 is 1.00 bits per heavy atom. The second kappa shape index (κ2) is 5.34. The fourth-order valence-corrected chi connectivity index (χ4v) is 1.57. The van der Waals surface area contributed by atoms with Crippen LogP contribution in [0.1, 0.15) is 47.5 Å². The average Bonchev–Trinajstić information content (AvgIpc) is 1.83. The van der Waals surface area contributed by atoms with Gasteiger partial charge in [0.2, 0.25) is 0 Å². The predicted molar refractivity (Wildman–Crippen MR) is 53.1 cm³/mol. The maximum Gasteiger partial charge on any atom is 0.132 e. The maximum absolute atomic E-state index is 11.2. The van der Waals surface area contributed by atoms with E-state index < -0.39 is 0 Å². The lowest BCUT2D eigenvalue weighted by atomic mass is 9.87. The highest BCUT2D eigenvalue weighted by molar-refractivity contribution is 5.78. The molecule has 0 radical (unpaired) electrons. The normalized spacial score (nSPS) is 11.7. The van der Waals surface area contributed by atoms with Crippen molar-refractivity contribution in [1.29, 1.82) is 0 Å². The molecule has 0 rings (SSSR count). The lowest BCUT2D eigenvalue weighted by Crippen LogP contribution is -2.15. The van der Waals surface area contributed by atoms with E-state index in [1.165, 1.54) is 0 Å². The molecule has 0 fully saturated rings. The van der Waals surface area contributed by atoms with E-state index in [0.717, 1.165) is 12.8 Å². The van der Waals surface area contributed by atoms with Crippen molar-refractivity contribution in [3.63, 3.8) is 0 Å². The number of rotatable bonds is 5. The Morgan fingerprint density at radius 3 is 1.50 bits per heavy atom. The van der Waals surface area contributed by atoms with Crippen LogP contribution in [0.15, 0.2) is 0 Å². The summed E-state index contributed by atoms with van der Waals surface area (Å²) >= 11 is 0. The molecular weight excluding hydrogens is 148 g/mol. The van der Waals surface area contributed by atoms with Crippen molar-refractivity contribution < 1.29 is 4.79 Å². The number of carbonyl (C=O) groups excluding carboxylic acids is 1. The molecule has 0 bridgehead atoms. The molecule has 1 nitrogen and oxygen atoms in total. The Balaban J connectivity index is 3.96. The van der Waals surface area contributed by atoms with Crippen molar-refractivity contribution in [3.8, 4) is 0 Å². The molecule has 0 aliphatic rings. The standard InChI is InChI=1S/C11H22O/c1-8(2)6-11(10(5)12)7-9(3)4/h8-9,11H,6-7H2,1-5H3. The van der Waals surface area contributed by atoms with Crippen molar-refractivity contribution in [3.05, 3.63) is 0 Å². The van der Waals surface area contributed by atoms with Crippen molar-refractivity contribution in [2.45, 2.75) is 47.5 Å². The van der Waals surface area contributed by atoms with Gasteiger partial charge in [-0.15, -0.1) is 0 Å². The molecule has 0 saturated heterocycles. The molecule has 0 heterocycles. The lowest BCUT2D eigenvalue weighted by molar-refractivity contribution is -0.121. The number of hydrogen-bond donors (Lipinski definition) is 0. The first-order valence-electron chi connectivity index (χ1n) is 4.94.